The minimum Gasteiger partial charge on any atom is -0.347 e. The predicted octanol–water partition coefficient (Wildman–Crippen LogP) is 2.99. The lowest BCUT2D eigenvalue weighted by atomic mass is 10.1. The van der Waals surface area contributed by atoms with Crippen LogP contribution in [-0.2, 0) is 16.0 Å². The molecule has 23 heavy (non-hydrogen) atoms. The van der Waals surface area contributed by atoms with Gasteiger partial charge in [0.15, 0.2) is 0 Å². The van der Waals surface area contributed by atoms with E-state index in [2.05, 4.69) is 15.6 Å². The number of amides is 2. The zero-order valence-electron chi connectivity index (χ0n) is 12.4. The number of benzene rings is 1. The van der Waals surface area contributed by atoms with Gasteiger partial charge in [0, 0.05) is 22.8 Å². The Labute approximate surface area is 144 Å². The molecule has 0 unspecified atom stereocenters. The van der Waals surface area contributed by atoms with Crippen molar-refractivity contribution in [2.75, 3.05) is 11.9 Å². The number of nitrogens with one attached hydrogen (secondary N) is 2. The van der Waals surface area contributed by atoms with Crippen LogP contribution in [0.25, 0.3) is 0 Å². The summed E-state index contributed by atoms with van der Waals surface area (Å²) in [5.41, 5.74) is 2.21. The van der Waals surface area contributed by atoms with Crippen LogP contribution >= 0.6 is 23.2 Å². The van der Waals surface area contributed by atoms with Crippen molar-refractivity contribution in [1.82, 2.24) is 10.3 Å². The van der Waals surface area contributed by atoms with Crippen LogP contribution in [0.3, 0.4) is 0 Å². The first-order valence-electron chi connectivity index (χ1n) is 6.90. The van der Waals surface area contributed by atoms with Crippen molar-refractivity contribution < 1.29 is 9.59 Å². The Morgan fingerprint density at radius 1 is 1.13 bits per heavy atom. The number of aromatic nitrogens is 1. The molecule has 2 rings (SSSR count). The minimum absolute atomic E-state index is 0.291. The van der Waals surface area contributed by atoms with Crippen molar-refractivity contribution in [3.05, 3.63) is 57.8 Å². The summed E-state index contributed by atoms with van der Waals surface area (Å²) in [5.74, 6) is -1.45. The van der Waals surface area contributed by atoms with Crippen LogP contribution in [0.15, 0.2) is 36.7 Å². The molecular formula is C16H15Cl2N3O2. The van der Waals surface area contributed by atoms with Gasteiger partial charge in [-0.15, -0.1) is 0 Å². The SMILES string of the molecule is Cc1cncc(NC(=O)C(=O)NCCc2ccc(Cl)cc2Cl)c1. The third kappa shape index (κ3) is 5.23. The molecule has 0 aliphatic rings. The van der Waals surface area contributed by atoms with Crippen LogP contribution < -0.4 is 10.6 Å². The molecule has 2 N–H and O–H groups in total. The van der Waals surface area contributed by atoms with Crippen LogP contribution in [-0.4, -0.2) is 23.3 Å². The van der Waals surface area contributed by atoms with Gasteiger partial charge in [-0.3, -0.25) is 14.6 Å². The van der Waals surface area contributed by atoms with Crippen molar-refractivity contribution in [3.8, 4) is 0 Å². The van der Waals surface area contributed by atoms with Gasteiger partial charge in [-0.25, -0.2) is 0 Å². The summed E-state index contributed by atoms with van der Waals surface area (Å²) in [4.78, 5) is 27.5. The van der Waals surface area contributed by atoms with Gasteiger partial charge >= 0.3 is 11.8 Å². The molecule has 2 amide bonds. The van der Waals surface area contributed by atoms with Gasteiger partial charge in [-0.05, 0) is 42.7 Å². The van der Waals surface area contributed by atoms with Gasteiger partial charge in [0.2, 0.25) is 0 Å². The number of carbonyl (C=O) groups excluding carboxylic acids is 2. The first-order valence-corrected chi connectivity index (χ1v) is 7.66. The highest BCUT2D eigenvalue weighted by Gasteiger charge is 2.13. The van der Waals surface area contributed by atoms with Crippen molar-refractivity contribution in [3.63, 3.8) is 0 Å². The second kappa shape index (κ2) is 7.94. The minimum atomic E-state index is -0.736. The lowest BCUT2D eigenvalue weighted by molar-refractivity contribution is -0.136. The predicted molar refractivity (Wildman–Crippen MR) is 90.8 cm³/mol. The smallest absolute Gasteiger partial charge is 0.313 e. The van der Waals surface area contributed by atoms with E-state index in [1.807, 2.05) is 6.92 Å². The first-order chi connectivity index (χ1) is 11.0. The van der Waals surface area contributed by atoms with Crippen LogP contribution in [0.1, 0.15) is 11.1 Å². The molecule has 0 atom stereocenters. The van der Waals surface area contributed by atoms with Crippen molar-refractivity contribution in [1.29, 1.82) is 0 Å². The molecule has 120 valence electrons. The van der Waals surface area contributed by atoms with Gasteiger partial charge in [-0.1, -0.05) is 29.3 Å². The van der Waals surface area contributed by atoms with E-state index in [0.29, 0.717) is 28.7 Å². The second-order valence-electron chi connectivity index (χ2n) is 4.95. The zero-order chi connectivity index (χ0) is 16.8. The third-order valence-corrected chi connectivity index (χ3v) is 3.62. The number of nitrogens with zero attached hydrogens (tertiary/aromatic N) is 1. The Kier molecular flexibility index (Phi) is 5.96. The van der Waals surface area contributed by atoms with Crippen LogP contribution in [0, 0.1) is 6.92 Å². The average Bonchev–Trinajstić information content (AvgIpc) is 2.49. The molecule has 0 aliphatic carbocycles. The van der Waals surface area contributed by atoms with Crippen molar-refractivity contribution in [2.45, 2.75) is 13.3 Å². The lowest BCUT2D eigenvalue weighted by Crippen LogP contribution is -2.36. The highest BCUT2D eigenvalue weighted by molar-refractivity contribution is 6.39. The Morgan fingerprint density at radius 3 is 2.61 bits per heavy atom. The van der Waals surface area contributed by atoms with E-state index < -0.39 is 11.8 Å². The van der Waals surface area contributed by atoms with Crippen molar-refractivity contribution >= 4 is 40.7 Å². The summed E-state index contributed by atoms with van der Waals surface area (Å²) >= 11 is 11.9. The third-order valence-electron chi connectivity index (χ3n) is 3.03. The molecule has 0 radical (unpaired) electrons. The monoisotopic (exact) mass is 351 g/mol. The van der Waals surface area contributed by atoms with E-state index in [0.717, 1.165) is 11.1 Å². The summed E-state index contributed by atoms with van der Waals surface area (Å²) in [6.07, 6.45) is 3.64. The number of halogens is 2. The molecule has 1 aromatic carbocycles. The van der Waals surface area contributed by atoms with Gasteiger partial charge in [0.25, 0.3) is 0 Å². The van der Waals surface area contributed by atoms with Gasteiger partial charge in [-0.2, -0.15) is 0 Å². The molecule has 0 bridgehead atoms. The molecule has 0 aliphatic heterocycles. The Bertz CT molecular complexity index is 735. The highest BCUT2D eigenvalue weighted by atomic mass is 35.5. The topological polar surface area (TPSA) is 71.1 Å². The molecule has 0 fully saturated rings. The Hall–Kier alpha value is -2.11. The number of hydrogen-bond acceptors (Lipinski definition) is 3. The van der Waals surface area contributed by atoms with Gasteiger partial charge in [0.05, 0.1) is 11.9 Å². The maximum absolute atomic E-state index is 11.8. The maximum Gasteiger partial charge on any atom is 0.313 e. The molecule has 5 nitrogen and oxygen atoms in total. The molecule has 2 aromatic rings. The van der Waals surface area contributed by atoms with Crippen LogP contribution in [0.5, 0.6) is 0 Å². The largest absolute Gasteiger partial charge is 0.347 e. The Morgan fingerprint density at radius 2 is 1.91 bits per heavy atom. The number of anilines is 1. The number of rotatable bonds is 4. The molecular weight excluding hydrogens is 337 g/mol. The fourth-order valence-electron chi connectivity index (χ4n) is 1.93. The number of aryl methyl sites for hydroxylation is 1. The fourth-order valence-corrected chi connectivity index (χ4v) is 2.43. The average molecular weight is 352 g/mol. The van der Waals surface area contributed by atoms with E-state index in [9.17, 15) is 9.59 Å². The normalized spacial score (nSPS) is 10.2. The number of carbonyl (C=O) groups is 2. The molecule has 0 saturated heterocycles. The van der Waals surface area contributed by atoms with Crippen molar-refractivity contribution in [2.24, 2.45) is 0 Å². The Balaban J connectivity index is 1.83. The standard InChI is InChI=1S/C16H15Cl2N3O2/c1-10-6-13(9-19-8-10)21-16(23)15(22)20-5-4-11-2-3-12(17)7-14(11)18/h2-3,6-9H,4-5H2,1H3,(H,20,22)(H,21,23). The van der Waals surface area contributed by atoms with Gasteiger partial charge in [0.1, 0.15) is 0 Å². The van der Waals surface area contributed by atoms with Crippen LogP contribution in [0.2, 0.25) is 10.0 Å². The summed E-state index contributed by atoms with van der Waals surface area (Å²) < 4.78 is 0. The number of pyridine rings is 1. The van der Waals surface area contributed by atoms with Crippen LogP contribution in [0.4, 0.5) is 5.69 Å². The zero-order valence-corrected chi connectivity index (χ0v) is 13.9. The molecule has 1 aromatic heterocycles. The summed E-state index contributed by atoms with van der Waals surface area (Å²) in [6.45, 7) is 2.14. The molecule has 7 heteroatoms. The quantitative estimate of drug-likeness (QED) is 0.831. The van der Waals surface area contributed by atoms with Gasteiger partial charge < -0.3 is 10.6 Å². The summed E-state index contributed by atoms with van der Waals surface area (Å²) in [7, 11) is 0. The van der Waals surface area contributed by atoms with E-state index in [-0.39, 0.29) is 0 Å². The fraction of sp³-hybridized carbons (Fsp3) is 0.188. The maximum atomic E-state index is 11.8. The second-order valence-corrected chi connectivity index (χ2v) is 5.79. The highest BCUT2D eigenvalue weighted by Crippen LogP contribution is 2.21. The first kappa shape index (κ1) is 17.2. The molecule has 1 heterocycles. The summed E-state index contributed by atoms with van der Waals surface area (Å²) in [6, 6.07) is 6.88. The molecule has 0 spiro atoms. The number of hydrogen-bond donors (Lipinski definition) is 2. The lowest BCUT2D eigenvalue weighted by Gasteiger charge is -2.08. The van der Waals surface area contributed by atoms with E-state index in [1.54, 1.807) is 30.5 Å². The van der Waals surface area contributed by atoms with E-state index in [1.165, 1.54) is 6.20 Å². The summed E-state index contributed by atoms with van der Waals surface area (Å²) in [5, 5.41) is 6.12. The molecule has 0 saturated carbocycles. The van der Waals surface area contributed by atoms with E-state index >= 15 is 0 Å². The van der Waals surface area contributed by atoms with E-state index in [4.69, 9.17) is 23.2 Å².